The lowest BCUT2D eigenvalue weighted by molar-refractivity contribution is -0.383. The van der Waals surface area contributed by atoms with Crippen molar-refractivity contribution in [3.05, 3.63) is 22.6 Å². The van der Waals surface area contributed by atoms with Crippen LogP contribution < -0.4 is 5.73 Å². The first-order chi connectivity index (χ1) is 10.2. The third-order valence-corrected chi connectivity index (χ3v) is 4.93. The Balaban J connectivity index is 2.25. The Morgan fingerprint density at radius 3 is 2.64 bits per heavy atom. The Bertz CT molecular complexity index is 754. The molecule has 0 aliphatic carbocycles. The summed E-state index contributed by atoms with van der Waals surface area (Å²) in [5.41, 5.74) is 5.96. The van der Waals surface area contributed by atoms with Crippen molar-refractivity contribution in [3.8, 4) is 0 Å². The third kappa shape index (κ3) is 1.87. The molecule has 1 fully saturated rings. The van der Waals surface area contributed by atoms with Gasteiger partial charge < -0.3 is 10.5 Å². The zero-order chi connectivity index (χ0) is 16.2. The molecule has 0 radical (unpaired) electrons. The van der Waals surface area contributed by atoms with E-state index in [0.717, 1.165) is 0 Å². The van der Waals surface area contributed by atoms with Crippen LogP contribution in [0.4, 0.5) is 11.5 Å². The zero-order valence-corrected chi connectivity index (χ0v) is 13.0. The maximum Gasteiger partial charge on any atom is 0.300 e. The smallest absolute Gasteiger partial charge is 0.300 e. The predicted octanol–water partition coefficient (Wildman–Crippen LogP) is 2.50. The summed E-state index contributed by atoms with van der Waals surface area (Å²) in [4.78, 5) is 18.9. The van der Waals surface area contributed by atoms with Gasteiger partial charge in [0.1, 0.15) is 23.8 Å². The van der Waals surface area contributed by atoms with Crippen molar-refractivity contribution in [2.45, 2.75) is 40.0 Å². The van der Waals surface area contributed by atoms with E-state index >= 15 is 0 Å². The van der Waals surface area contributed by atoms with E-state index in [4.69, 9.17) is 10.5 Å². The van der Waals surface area contributed by atoms with Gasteiger partial charge in [0.05, 0.1) is 17.2 Å². The maximum atomic E-state index is 11.3. The predicted molar refractivity (Wildman–Crippen MR) is 81.1 cm³/mol. The van der Waals surface area contributed by atoms with Crippen molar-refractivity contribution in [3.63, 3.8) is 0 Å². The largest absolute Gasteiger partial charge is 0.383 e. The SMILES string of the molecule is CC1O[C@@H](n2cc([N+](=O)[O-])c3c(N)ncnc32)C(C)(C)C1C. The van der Waals surface area contributed by atoms with Crippen LogP contribution in [0.5, 0.6) is 0 Å². The average molecular weight is 305 g/mol. The molecule has 2 unspecified atom stereocenters. The van der Waals surface area contributed by atoms with Crippen LogP contribution in [-0.2, 0) is 4.74 Å². The molecule has 2 aromatic heterocycles. The van der Waals surface area contributed by atoms with Gasteiger partial charge in [-0.15, -0.1) is 0 Å². The highest BCUT2D eigenvalue weighted by Gasteiger charge is 2.48. The number of hydrogen-bond acceptors (Lipinski definition) is 6. The summed E-state index contributed by atoms with van der Waals surface area (Å²) >= 11 is 0. The first-order valence-corrected chi connectivity index (χ1v) is 7.16. The van der Waals surface area contributed by atoms with Gasteiger partial charge in [-0.3, -0.25) is 14.7 Å². The van der Waals surface area contributed by atoms with E-state index < -0.39 is 4.92 Å². The second kappa shape index (κ2) is 4.64. The van der Waals surface area contributed by atoms with E-state index in [1.807, 2.05) is 6.92 Å². The first kappa shape index (κ1) is 14.7. The fourth-order valence-electron chi connectivity index (χ4n) is 3.16. The Morgan fingerprint density at radius 1 is 1.41 bits per heavy atom. The Morgan fingerprint density at radius 2 is 2.09 bits per heavy atom. The molecule has 2 N–H and O–H groups in total. The van der Waals surface area contributed by atoms with Gasteiger partial charge >= 0.3 is 0 Å². The summed E-state index contributed by atoms with van der Waals surface area (Å²) in [7, 11) is 0. The van der Waals surface area contributed by atoms with Crippen LogP contribution in [0.15, 0.2) is 12.5 Å². The van der Waals surface area contributed by atoms with Gasteiger partial charge in [0.25, 0.3) is 5.69 Å². The minimum absolute atomic E-state index is 0.0516. The monoisotopic (exact) mass is 305 g/mol. The molecule has 8 heteroatoms. The second-order valence-corrected chi connectivity index (χ2v) is 6.44. The van der Waals surface area contributed by atoms with Crippen LogP contribution in [0, 0.1) is 21.4 Å². The van der Waals surface area contributed by atoms with E-state index in [1.165, 1.54) is 12.5 Å². The molecule has 1 aliphatic rings. The Kier molecular flexibility index (Phi) is 3.10. The molecule has 0 amide bonds. The number of ether oxygens (including phenoxy) is 1. The minimum atomic E-state index is -0.465. The van der Waals surface area contributed by atoms with Crippen molar-refractivity contribution < 1.29 is 9.66 Å². The van der Waals surface area contributed by atoms with Gasteiger partial charge in [-0.05, 0) is 12.8 Å². The van der Waals surface area contributed by atoms with E-state index in [2.05, 4.69) is 30.7 Å². The molecule has 0 spiro atoms. The molecule has 118 valence electrons. The van der Waals surface area contributed by atoms with Crippen LogP contribution in [0.1, 0.15) is 33.9 Å². The molecule has 0 aromatic carbocycles. The lowest BCUT2D eigenvalue weighted by Gasteiger charge is -2.29. The highest BCUT2D eigenvalue weighted by molar-refractivity contribution is 5.95. The number of nitrogens with two attached hydrogens (primary N) is 1. The lowest BCUT2D eigenvalue weighted by atomic mass is 9.78. The topological polar surface area (TPSA) is 109 Å². The normalized spacial score (nSPS) is 27.4. The minimum Gasteiger partial charge on any atom is -0.383 e. The van der Waals surface area contributed by atoms with Crippen LogP contribution in [-0.4, -0.2) is 25.6 Å². The molecule has 2 aromatic rings. The van der Waals surface area contributed by atoms with E-state index in [9.17, 15) is 10.1 Å². The lowest BCUT2D eigenvalue weighted by Crippen LogP contribution is -2.27. The van der Waals surface area contributed by atoms with Crippen molar-refractivity contribution in [2.24, 2.45) is 11.3 Å². The summed E-state index contributed by atoms with van der Waals surface area (Å²) in [5.74, 6) is 0.403. The molecule has 0 saturated carbocycles. The number of fused-ring (bicyclic) bond motifs is 1. The van der Waals surface area contributed by atoms with Gasteiger partial charge in [-0.2, -0.15) is 0 Å². The van der Waals surface area contributed by atoms with Gasteiger partial charge in [0, 0.05) is 5.41 Å². The summed E-state index contributed by atoms with van der Waals surface area (Å²) in [6, 6.07) is 0. The molecular weight excluding hydrogens is 286 g/mol. The van der Waals surface area contributed by atoms with Crippen LogP contribution in [0.2, 0.25) is 0 Å². The number of nitro groups is 1. The van der Waals surface area contributed by atoms with Gasteiger partial charge in [-0.1, -0.05) is 20.8 Å². The van der Waals surface area contributed by atoms with Crippen molar-refractivity contribution in [1.82, 2.24) is 14.5 Å². The summed E-state index contributed by atoms with van der Waals surface area (Å²) < 4.78 is 7.77. The summed E-state index contributed by atoms with van der Waals surface area (Å²) in [6.07, 6.45) is 2.47. The van der Waals surface area contributed by atoms with Crippen LogP contribution >= 0.6 is 0 Å². The number of anilines is 1. The highest BCUT2D eigenvalue weighted by atomic mass is 16.6. The van der Waals surface area contributed by atoms with Crippen LogP contribution in [0.3, 0.4) is 0 Å². The molecule has 3 rings (SSSR count). The number of nitrogen functional groups attached to an aromatic ring is 1. The third-order valence-electron chi connectivity index (χ3n) is 4.93. The van der Waals surface area contributed by atoms with Crippen molar-refractivity contribution in [1.29, 1.82) is 0 Å². The van der Waals surface area contributed by atoms with Gasteiger partial charge in [0.15, 0.2) is 5.65 Å². The first-order valence-electron chi connectivity index (χ1n) is 7.16. The molecule has 1 aliphatic heterocycles. The fourth-order valence-corrected chi connectivity index (χ4v) is 3.16. The Hall–Kier alpha value is -2.22. The second-order valence-electron chi connectivity index (χ2n) is 6.44. The van der Waals surface area contributed by atoms with Gasteiger partial charge in [0.2, 0.25) is 0 Å². The van der Waals surface area contributed by atoms with E-state index in [1.54, 1.807) is 4.57 Å². The molecule has 3 heterocycles. The maximum absolute atomic E-state index is 11.3. The number of hydrogen-bond donors (Lipinski definition) is 1. The van der Waals surface area contributed by atoms with Crippen molar-refractivity contribution >= 4 is 22.5 Å². The fraction of sp³-hybridized carbons (Fsp3) is 0.571. The Labute approximate surface area is 127 Å². The molecule has 0 bridgehead atoms. The molecular formula is C14H19N5O3. The number of aromatic nitrogens is 3. The number of nitrogens with zero attached hydrogens (tertiary/aromatic N) is 4. The van der Waals surface area contributed by atoms with Crippen molar-refractivity contribution in [2.75, 3.05) is 5.73 Å². The summed E-state index contributed by atoms with van der Waals surface area (Å²) in [6.45, 7) is 8.31. The highest BCUT2D eigenvalue weighted by Crippen LogP contribution is 2.50. The molecule has 8 nitrogen and oxygen atoms in total. The summed E-state index contributed by atoms with van der Waals surface area (Å²) in [5, 5.41) is 11.6. The van der Waals surface area contributed by atoms with Crippen LogP contribution in [0.25, 0.3) is 11.0 Å². The molecule has 22 heavy (non-hydrogen) atoms. The quantitative estimate of drug-likeness (QED) is 0.674. The number of rotatable bonds is 2. The zero-order valence-electron chi connectivity index (χ0n) is 13.0. The van der Waals surface area contributed by atoms with E-state index in [-0.39, 0.29) is 34.6 Å². The molecule has 3 atom stereocenters. The van der Waals surface area contributed by atoms with Gasteiger partial charge in [-0.25, -0.2) is 9.97 Å². The molecule has 1 saturated heterocycles. The van der Waals surface area contributed by atoms with E-state index in [0.29, 0.717) is 11.6 Å². The standard InChI is InChI=1S/C14H19N5O3/c1-7-8(2)22-13(14(7,3)4)18-5-9(19(20)21)10-11(15)16-6-17-12(10)18/h5-8,13H,1-4H3,(H2,15,16,17)/t7?,8?,13-/m1/s1. The average Bonchev–Trinajstić information content (AvgIpc) is 2.92.